The number of hydrogen-bond acceptors (Lipinski definition) is 4. The highest BCUT2D eigenvalue weighted by atomic mass is 16.5. The van der Waals surface area contributed by atoms with Crippen molar-refractivity contribution >= 4 is 0 Å². The van der Waals surface area contributed by atoms with Gasteiger partial charge in [-0.2, -0.15) is 0 Å². The molecule has 1 aromatic rings. The molecule has 0 amide bonds. The van der Waals surface area contributed by atoms with Gasteiger partial charge in [0.25, 0.3) is 0 Å². The van der Waals surface area contributed by atoms with Crippen molar-refractivity contribution in [2.45, 2.75) is 19.3 Å². The van der Waals surface area contributed by atoms with Crippen molar-refractivity contribution in [2.75, 3.05) is 45.9 Å². The monoisotopic (exact) mass is 264 g/mol. The van der Waals surface area contributed by atoms with Gasteiger partial charge in [0.05, 0.1) is 24.9 Å². The minimum absolute atomic E-state index is 0.0430. The molecule has 2 saturated heterocycles. The van der Waals surface area contributed by atoms with Crippen molar-refractivity contribution in [1.29, 1.82) is 0 Å². The van der Waals surface area contributed by atoms with Gasteiger partial charge >= 0.3 is 0 Å². The Balaban J connectivity index is 1.77. The lowest BCUT2D eigenvalue weighted by Gasteiger charge is -2.52. The number of nitrogens with zero attached hydrogens (tertiary/aromatic N) is 1. The molecule has 19 heavy (non-hydrogen) atoms. The second kappa shape index (κ2) is 4.93. The van der Waals surface area contributed by atoms with E-state index in [1.807, 2.05) is 6.07 Å². The van der Waals surface area contributed by atoms with E-state index in [0.717, 1.165) is 51.7 Å². The highest BCUT2D eigenvalue weighted by Crippen LogP contribution is 2.47. The maximum Gasteiger partial charge on any atom is 0.115 e. The molecule has 0 bridgehead atoms. The van der Waals surface area contributed by atoms with Crippen molar-refractivity contribution in [3.8, 4) is 0 Å². The quantitative estimate of drug-likeness (QED) is 0.894. The van der Waals surface area contributed by atoms with Crippen LogP contribution in [-0.2, 0) is 10.2 Å². The van der Waals surface area contributed by atoms with Crippen LogP contribution in [0.4, 0.5) is 0 Å². The molecule has 0 aromatic carbocycles. The zero-order chi connectivity index (χ0) is 13.3. The van der Waals surface area contributed by atoms with Crippen molar-refractivity contribution in [3.05, 3.63) is 24.2 Å². The summed E-state index contributed by atoms with van der Waals surface area (Å²) in [5.41, 5.74) is 0.196. The van der Waals surface area contributed by atoms with Crippen LogP contribution in [0.1, 0.15) is 19.6 Å². The third-order valence-electron chi connectivity index (χ3n) is 4.81. The highest BCUT2D eigenvalue weighted by molar-refractivity contribution is 5.23. The molecule has 106 valence electrons. The zero-order valence-electron chi connectivity index (χ0n) is 11.9. The van der Waals surface area contributed by atoms with Crippen LogP contribution in [0.15, 0.2) is 22.8 Å². The van der Waals surface area contributed by atoms with Gasteiger partial charge in [-0.1, -0.05) is 13.8 Å². The summed E-state index contributed by atoms with van der Waals surface area (Å²) in [6, 6.07) is 4.08. The fourth-order valence-corrected chi connectivity index (χ4v) is 3.30. The lowest BCUT2D eigenvalue weighted by Crippen LogP contribution is -2.61. The molecule has 0 spiro atoms. The van der Waals surface area contributed by atoms with Crippen LogP contribution in [0.5, 0.6) is 0 Å². The van der Waals surface area contributed by atoms with Crippen LogP contribution in [0.25, 0.3) is 0 Å². The summed E-state index contributed by atoms with van der Waals surface area (Å²) in [6.45, 7) is 11.8. The Morgan fingerprint density at radius 3 is 2.58 bits per heavy atom. The molecule has 0 aliphatic carbocycles. The minimum atomic E-state index is 0.0430. The molecule has 2 fully saturated rings. The second-order valence-electron chi connectivity index (χ2n) is 6.46. The summed E-state index contributed by atoms with van der Waals surface area (Å²) < 4.78 is 11.3. The molecular weight excluding hydrogens is 240 g/mol. The van der Waals surface area contributed by atoms with E-state index in [4.69, 9.17) is 9.15 Å². The number of ether oxygens (including phenoxy) is 1. The van der Waals surface area contributed by atoms with E-state index in [1.54, 1.807) is 6.26 Å². The number of hydrogen-bond donors (Lipinski definition) is 1. The van der Waals surface area contributed by atoms with Gasteiger partial charge < -0.3 is 19.4 Å². The Morgan fingerprint density at radius 1 is 1.32 bits per heavy atom. The zero-order valence-corrected chi connectivity index (χ0v) is 11.9. The summed E-state index contributed by atoms with van der Waals surface area (Å²) >= 11 is 0. The largest absolute Gasteiger partial charge is 0.469 e. The summed E-state index contributed by atoms with van der Waals surface area (Å²) in [6.07, 6.45) is 1.77. The standard InChI is InChI=1S/C15H24N2O2/c1-14(2,10-17-7-5-16-6-8-17)15(11-18-12-15)13-4-3-9-19-13/h3-4,9,16H,5-8,10-12H2,1-2H3. The minimum Gasteiger partial charge on any atom is -0.469 e. The summed E-state index contributed by atoms with van der Waals surface area (Å²) in [5, 5.41) is 3.41. The first-order valence-electron chi connectivity index (χ1n) is 7.19. The number of piperazine rings is 1. The van der Waals surface area contributed by atoms with Crippen LogP contribution in [0.3, 0.4) is 0 Å². The average molecular weight is 264 g/mol. The molecule has 0 radical (unpaired) electrons. The van der Waals surface area contributed by atoms with E-state index in [-0.39, 0.29) is 10.8 Å². The van der Waals surface area contributed by atoms with Gasteiger partial charge in [0, 0.05) is 32.7 Å². The van der Waals surface area contributed by atoms with Crippen molar-refractivity contribution < 1.29 is 9.15 Å². The second-order valence-corrected chi connectivity index (χ2v) is 6.46. The van der Waals surface area contributed by atoms with Crippen LogP contribution in [-0.4, -0.2) is 50.8 Å². The van der Waals surface area contributed by atoms with Crippen molar-refractivity contribution in [1.82, 2.24) is 10.2 Å². The lowest BCUT2D eigenvalue weighted by atomic mass is 9.62. The van der Waals surface area contributed by atoms with E-state index in [9.17, 15) is 0 Å². The first-order valence-corrected chi connectivity index (χ1v) is 7.19. The molecule has 0 saturated carbocycles. The van der Waals surface area contributed by atoms with Crippen LogP contribution in [0.2, 0.25) is 0 Å². The molecule has 4 heteroatoms. The SMILES string of the molecule is CC(C)(CN1CCNCC1)C1(c2ccco2)COC1. The van der Waals surface area contributed by atoms with Gasteiger partial charge in [-0.15, -0.1) is 0 Å². The molecule has 4 nitrogen and oxygen atoms in total. The van der Waals surface area contributed by atoms with Crippen LogP contribution in [0, 0.1) is 5.41 Å². The van der Waals surface area contributed by atoms with Gasteiger partial charge in [0.1, 0.15) is 5.76 Å². The van der Waals surface area contributed by atoms with E-state index in [0.29, 0.717) is 0 Å². The highest BCUT2D eigenvalue weighted by Gasteiger charge is 2.54. The Morgan fingerprint density at radius 2 is 2.05 bits per heavy atom. The van der Waals surface area contributed by atoms with E-state index in [2.05, 4.69) is 30.1 Å². The molecule has 1 aromatic heterocycles. The fourth-order valence-electron chi connectivity index (χ4n) is 3.30. The smallest absolute Gasteiger partial charge is 0.115 e. The third-order valence-corrected chi connectivity index (χ3v) is 4.81. The normalized spacial score (nSPS) is 24.1. The van der Waals surface area contributed by atoms with Crippen molar-refractivity contribution in [3.63, 3.8) is 0 Å². The Bertz CT molecular complexity index is 404. The summed E-state index contributed by atoms with van der Waals surface area (Å²) in [4.78, 5) is 2.56. The Kier molecular flexibility index (Phi) is 3.41. The molecule has 1 N–H and O–H groups in total. The molecule has 0 atom stereocenters. The summed E-state index contributed by atoms with van der Waals surface area (Å²) in [7, 11) is 0. The lowest BCUT2D eigenvalue weighted by molar-refractivity contribution is -0.136. The van der Waals surface area contributed by atoms with Crippen molar-refractivity contribution in [2.24, 2.45) is 5.41 Å². The molecule has 3 rings (SSSR count). The maximum absolute atomic E-state index is 5.71. The van der Waals surface area contributed by atoms with E-state index < -0.39 is 0 Å². The van der Waals surface area contributed by atoms with Gasteiger partial charge in [-0.3, -0.25) is 0 Å². The number of nitrogens with one attached hydrogen (secondary N) is 1. The topological polar surface area (TPSA) is 37.6 Å². The Hall–Kier alpha value is -0.840. The predicted molar refractivity (Wildman–Crippen MR) is 74.3 cm³/mol. The number of rotatable bonds is 4. The van der Waals surface area contributed by atoms with Gasteiger partial charge in [-0.25, -0.2) is 0 Å². The van der Waals surface area contributed by atoms with Gasteiger partial charge in [0.15, 0.2) is 0 Å². The summed E-state index contributed by atoms with van der Waals surface area (Å²) in [5.74, 6) is 1.08. The first-order chi connectivity index (χ1) is 9.14. The van der Waals surface area contributed by atoms with Crippen LogP contribution >= 0.6 is 0 Å². The molecule has 2 aliphatic rings. The number of furan rings is 1. The molecule has 2 aliphatic heterocycles. The van der Waals surface area contributed by atoms with Crippen LogP contribution < -0.4 is 5.32 Å². The van der Waals surface area contributed by atoms with E-state index >= 15 is 0 Å². The fraction of sp³-hybridized carbons (Fsp3) is 0.733. The predicted octanol–water partition coefficient (Wildman–Crippen LogP) is 1.48. The van der Waals surface area contributed by atoms with E-state index in [1.165, 1.54) is 0 Å². The maximum atomic E-state index is 5.71. The molecule has 0 unspecified atom stereocenters. The first kappa shape index (κ1) is 13.2. The van der Waals surface area contributed by atoms with Gasteiger partial charge in [0.2, 0.25) is 0 Å². The molecular formula is C15H24N2O2. The third kappa shape index (κ3) is 2.22. The average Bonchev–Trinajstić information content (AvgIpc) is 2.81. The van der Waals surface area contributed by atoms with Gasteiger partial charge in [-0.05, 0) is 17.5 Å². The molecule has 3 heterocycles. The Labute approximate surface area is 115 Å².